The predicted octanol–water partition coefficient (Wildman–Crippen LogP) is 2.78. The van der Waals surface area contributed by atoms with Gasteiger partial charge >= 0.3 is 5.97 Å². The standard InChI is InChI=1S/C17H23NO3/c1-12-6-8-14(9-7-12)4-3-5-16(19)18(15-10-11-15)13(2)17(20)21/h6-9,13,15H,3-5,10-11H2,1-2H3,(H,20,21). The molecule has 0 spiro atoms. The van der Waals surface area contributed by atoms with E-state index >= 15 is 0 Å². The maximum Gasteiger partial charge on any atom is 0.326 e. The maximum atomic E-state index is 12.3. The van der Waals surface area contributed by atoms with Crippen LogP contribution >= 0.6 is 0 Å². The molecule has 0 aromatic heterocycles. The predicted molar refractivity (Wildman–Crippen MR) is 81.1 cm³/mol. The smallest absolute Gasteiger partial charge is 0.326 e. The van der Waals surface area contributed by atoms with Crippen molar-refractivity contribution in [2.75, 3.05) is 0 Å². The fraction of sp³-hybridized carbons (Fsp3) is 0.529. The van der Waals surface area contributed by atoms with E-state index in [-0.39, 0.29) is 11.9 Å². The fourth-order valence-corrected chi connectivity index (χ4v) is 2.54. The first-order valence-electron chi connectivity index (χ1n) is 7.58. The van der Waals surface area contributed by atoms with Gasteiger partial charge in [0.25, 0.3) is 0 Å². The number of nitrogens with zero attached hydrogens (tertiary/aromatic N) is 1. The van der Waals surface area contributed by atoms with E-state index in [0.29, 0.717) is 6.42 Å². The van der Waals surface area contributed by atoms with Crippen LogP contribution in [0.2, 0.25) is 0 Å². The number of benzene rings is 1. The Bertz CT molecular complexity index is 505. The number of hydrogen-bond donors (Lipinski definition) is 1. The van der Waals surface area contributed by atoms with Crippen LogP contribution in [0.3, 0.4) is 0 Å². The van der Waals surface area contributed by atoms with E-state index in [0.717, 1.165) is 25.7 Å². The van der Waals surface area contributed by atoms with Gasteiger partial charge in [-0.3, -0.25) is 4.79 Å². The highest BCUT2D eigenvalue weighted by Crippen LogP contribution is 2.29. The van der Waals surface area contributed by atoms with Crippen LogP contribution < -0.4 is 0 Å². The molecule has 21 heavy (non-hydrogen) atoms. The van der Waals surface area contributed by atoms with Crippen molar-refractivity contribution >= 4 is 11.9 Å². The summed E-state index contributed by atoms with van der Waals surface area (Å²) in [6.45, 7) is 3.65. The number of carboxylic acids is 1. The van der Waals surface area contributed by atoms with E-state index in [1.54, 1.807) is 11.8 Å². The van der Waals surface area contributed by atoms with Crippen molar-refractivity contribution < 1.29 is 14.7 Å². The van der Waals surface area contributed by atoms with Gasteiger partial charge in [0.15, 0.2) is 0 Å². The number of hydrogen-bond acceptors (Lipinski definition) is 2. The summed E-state index contributed by atoms with van der Waals surface area (Å²) in [5, 5.41) is 9.11. The Morgan fingerprint density at radius 1 is 1.29 bits per heavy atom. The van der Waals surface area contributed by atoms with Crippen molar-refractivity contribution in [3.63, 3.8) is 0 Å². The number of carboxylic acid groups (broad SMARTS) is 1. The molecule has 0 saturated heterocycles. The Balaban J connectivity index is 1.85. The van der Waals surface area contributed by atoms with E-state index in [4.69, 9.17) is 5.11 Å². The van der Waals surface area contributed by atoms with E-state index < -0.39 is 12.0 Å². The number of carbonyl (C=O) groups is 2. The van der Waals surface area contributed by atoms with Gasteiger partial charge in [0.2, 0.25) is 5.91 Å². The Morgan fingerprint density at radius 3 is 2.43 bits per heavy atom. The van der Waals surface area contributed by atoms with Gasteiger partial charge in [-0.1, -0.05) is 29.8 Å². The summed E-state index contributed by atoms with van der Waals surface area (Å²) in [5.41, 5.74) is 2.45. The maximum absolute atomic E-state index is 12.3. The molecular weight excluding hydrogens is 266 g/mol. The molecule has 1 fully saturated rings. The third-order valence-corrected chi connectivity index (χ3v) is 3.98. The fourth-order valence-electron chi connectivity index (χ4n) is 2.54. The van der Waals surface area contributed by atoms with Gasteiger partial charge in [0.05, 0.1) is 0 Å². The quantitative estimate of drug-likeness (QED) is 0.839. The van der Waals surface area contributed by atoms with Crippen molar-refractivity contribution in [1.82, 2.24) is 4.90 Å². The Kier molecular flexibility index (Phi) is 4.99. The Labute approximate surface area is 125 Å². The van der Waals surface area contributed by atoms with Crippen molar-refractivity contribution in [1.29, 1.82) is 0 Å². The normalized spacial score (nSPS) is 15.5. The molecule has 4 nitrogen and oxygen atoms in total. The summed E-state index contributed by atoms with van der Waals surface area (Å²) >= 11 is 0. The molecule has 1 aliphatic carbocycles. The molecule has 1 atom stereocenters. The largest absolute Gasteiger partial charge is 0.480 e. The highest BCUT2D eigenvalue weighted by Gasteiger charge is 2.37. The minimum atomic E-state index is -0.922. The molecule has 1 saturated carbocycles. The van der Waals surface area contributed by atoms with Gasteiger partial charge in [0.1, 0.15) is 6.04 Å². The Morgan fingerprint density at radius 2 is 1.90 bits per heavy atom. The van der Waals surface area contributed by atoms with Gasteiger partial charge in [0, 0.05) is 12.5 Å². The van der Waals surface area contributed by atoms with Crippen molar-refractivity contribution in [2.24, 2.45) is 0 Å². The third kappa shape index (κ3) is 4.31. The highest BCUT2D eigenvalue weighted by atomic mass is 16.4. The van der Waals surface area contributed by atoms with Crippen LogP contribution in [0.15, 0.2) is 24.3 Å². The minimum Gasteiger partial charge on any atom is -0.480 e. The molecule has 0 radical (unpaired) electrons. The van der Waals surface area contributed by atoms with E-state index in [1.165, 1.54) is 11.1 Å². The van der Waals surface area contributed by atoms with Crippen LogP contribution in [0.25, 0.3) is 0 Å². The van der Waals surface area contributed by atoms with Crippen LogP contribution in [-0.4, -0.2) is 34.0 Å². The molecule has 1 aromatic carbocycles. The molecule has 2 rings (SSSR count). The zero-order chi connectivity index (χ0) is 15.4. The van der Waals surface area contributed by atoms with Crippen LogP contribution in [0, 0.1) is 6.92 Å². The number of aliphatic carboxylic acids is 1. The Hall–Kier alpha value is -1.84. The third-order valence-electron chi connectivity index (χ3n) is 3.98. The number of rotatable bonds is 7. The first-order valence-corrected chi connectivity index (χ1v) is 7.58. The van der Waals surface area contributed by atoms with Gasteiger partial charge in [-0.05, 0) is 45.1 Å². The van der Waals surface area contributed by atoms with Crippen molar-refractivity contribution in [2.45, 2.75) is 58.0 Å². The molecule has 1 amide bonds. The summed E-state index contributed by atoms with van der Waals surface area (Å²) in [6.07, 6.45) is 3.90. The zero-order valence-corrected chi connectivity index (χ0v) is 12.7. The van der Waals surface area contributed by atoms with Gasteiger partial charge in [-0.25, -0.2) is 4.79 Å². The van der Waals surface area contributed by atoms with Crippen molar-refractivity contribution in [3.8, 4) is 0 Å². The number of carbonyl (C=O) groups excluding carboxylic acids is 1. The van der Waals surface area contributed by atoms with Gasteiger partial charge in [-0.15, -0.1) is 0 Å². The summed E-state index contributed by atoms with van der Waals surface area (Å²) < 4.78 is 0. The highest BCUT2D eigenvalue weighted by molar-refractivity contribution is 5.84. The van der Waals surface area contributed by atoms with Gasteiger partial charge in [-0.2, -0.15) is 0 Å². The SMILES string of the molecule is Cc1ccc(CCCC(=O)N(C2CC2)C(C)C(=O)O)cc1. The number of amides is 1. The molecule has 1 N–H and O–H groups in total. The molecule has 0 heterocycles. The van der Waals surface area contributed by atoms with Gasteiger partial charge < -0.3 is 10.0 Å². The van der Waals surface area contributed by atoms with E-state index in [2.05, 4.69) is 24.3 Å². The second-order valence-electron chi connectivity index (χ2n) is 5.89. The molecular formula is C17H23NO3. The van der Waals surface area contributed by atoms with Crippen molar-refractivity contribution in [3.05, 3.63) is 35.4 Å². The molecule has 1 unspecified atom stereocenters. The van der Waals surface area contributed by atoms with Crippen LogP contribution in [0.1, 0.15) is 43.7 Å². The number of aryl methyl sites for hydroxylation is 2. The summed E-state index contributed by atoms with van der Waals surface area (Å²) in [7, 11) is 0. The molecule has 0 aliphatic heterocycles. The first kappa shape index (κ1) is 15.5. The van der Waals surface area contributed by atoms with Crippen LogP contribution in [-0.2, 0) is 16.0 Å². The summed E-state index contributed by atoms with van der Waals surface area (Å²) in [5.74, 6) is -0.951. The second-order valence-corrected chi connectivity index (χ2v) is 5.89. The van der Waals surface area contributed by atoms with Crippen LogP contribution in [0.4, 0.5) is 0 Å². The second kappa shape index (κ2) is 6.74. The van der Waals surface area contributed by atoms with Crippen LogP contribution in [0.5, 0.6) is 0 Å². The average molecular weight is 289 g/mol. The minimum absolute atomic E-state index is 0.0282. The average Bonchev–Trinajstić information content (AvgIpc) is 3.25. The van der Waals surface area contributed by atoms with E-state index in [9.17, 15) is 9.59 Å². The molecule has 1 aromatic rings. The molecule has 114 valence electrons. The first-order chi connectivity index (χ1) is 9.99. The lowest BCUT2D eigenvalue weighted by molar-refractivity contribution is -0.150. The molecule has 1 aliphatic rings. The molecule has 4 heteroatoms. The summed E-state index contributed by atoms with van der Waals surface area (Å²) in [6, 6.07) is 7.73. The summed E-state index contributed by atoms with van der Waals surface area (Å²) in [4.78, 5) is 25.0. The molecule has 0 bridgehead atoms. The lowest BCUT2D eigenvalue weighted by Gasteiger charge is -2.26. The topological polar surface area (TPSA) is 57.6 Å². The monoisotopic (exact) mass is 289 g/mol. The lowest BCUT2D eigenvalue weighted by Crippen LogP contribution is -2.44. The van der Waals surface area contributed by atoms with E-state index in [1.807, 2.05) is 6.92 Å². The lowest BCUT2D eigenvalue weighted by atomic mass is 10.1. The zero-order valence-electron chi connectivity index (χ0n) is 12.7.